The van der Waals surface area contributed by atoms with Gasteiger partial charge in [-0.1, -0.05) is 6.07 Å². The lowest BCUT2D eigenvalue weighted by Gasteiger charge is -2.05. The molecule has 0 saturated heterocycles. The van der Waals surface area contributed by atoms with Gasteiger partial charge in [0.1, 0.15) is 5.65 Å². The number of aryl methyl sites for hydroxylation is 1. The molecule has 88 valence electrons. The Morgan fingerprint density at radius 3 is 3.00 bits per heavy atom. The highest BCUT2D eigenvalue weighted by Gasteiger charge is 2.11. The Kier molecular flexibility index (Phi) is 2.91. The molecule has 0 bridgehead atoms. The maximum atomic E-state index is 11.8. The minimum absolute atomic E-state index is 0.0474. The highest BCUT2D eigenvalue weighted by molar-refractivity contribution is 5.87. The van der Waals surface area contributed by atoms with Gasteiger partial charge in [0.05, 0.1) is 6.61 Å². The Balaban J connectivity index is 2.66. The average molecular weight is 232 g/mol. The van der Waals surface area contributed by atoms with Crippen LogP contribution >= 0.6 is 0 Å². The smallest absolute Gasteiger partial charge is 0.357 e. The molecule has 0 radical (unpaired) electrons. The molecule has 0 aliphatic heterocycles. The van der Waals surface area contributed by atoms with Crippen molar-refractivity contribution in [3.05, 3.63) is 46.0 Å². The van der Waals surface area contributed by atoms with Gasteiger partial charge in [-0.25, -0.2) is 9.78 Å². The van der Waals surface area contributed by atoms with Crippen LogP contribution in [-0.4, -0.2) is 22.0 Å². The monoisotopic (exact) mass is 232 g/mol. The number of nitrogens with zero attached hydrogens (tertiary/aromatic N) is 2. The highest BCUT2D eigenvalue weighted by atomic mass is 16.5. The lowest BCUT2D eigenvalue weighted by atomic mass is 10.3. The van der Waals surface area contributed by atoms with Gasteiger partial charge in [0.25, 0.3) is 5.56 Å². The van der Waals surface area contributed by atoms with Gasteiger partial charge in [-0.3, -0.25) is 9.20 Å². The predicted octanol–water partition coefficient (Wildman–Crippen LogP) is 1.18. The third-order valence-electron chi connectivity index (χ3n) is 2.37. The fourth-order valence-electron chi connectivity index (χ4n) is 1.57. The van der Waals surface area contributed by atoms with E-state index < -0.39 is 5.97 Å². The molecule has 17 heavy (non-hydrogen) atoms. The summed E-state index contributed by atoms with van der Waals surface area (Å²) in [7, 11) is 0. The molecule has 2 aromatic rings. The second-order valence-corrected chi connectivity index (χ2v) is 3.58. The second-order valence-electron chi connectivity index (χ2n) is 3.58. The van der Waals surface area contributed by atoms with Crippen LogP contribution in [0.15, 0.2) is 29.2 Å². The average Bonchev–Trinajstić information content (AvgIpc) is 2.30. The van der Waals surface area contributed by atoms with Crippen LogP contribution in [0.4, 0.5) is 0 Å². The topological polar surface area (TPSA) is 60.7 Å². The van der Waals surface area contributed by atoms with Gasteiger partial charge in [-0.2, -0.15) is 0 Å². The van der Waals surface area contributed by atoms with Crippen molar-refractivity contribution in [1.29, 1.82) is 0 Å². The molecular formula is C12H12N2O3. The van der Waals surface area contributed by atoms with Gasteiger partial charge in [0.2, 0.25) is 0 Å². The van der Waals surface area contributed by atoms with Crippen LogP contribution in [0.1, 0.15) is 23.0 Å². The zero-order chi connectivity index (χ0) is 12.4. The van der Waals surface area contributed by atoms with E-state index in [-0.39, 0.29) is 17.9 Å². The van der Waals surface area contributed by atoms with Gasteiger partial charge in [0, 0.05) is 12.3 Å². The van der Waals surface area contributed by atoms with E-state index in [0.29, 0.717) is 5.65 Å². The number of carbonyl (C=O) groups is 1. The third-order valence-corrected chi connectivity index (χ3v) is 2.37. The SMILES string of the molecule is CCOC(=O)c1cc(=O)n2cccc(C)c2n1. The maximum Gasteiger partial charge on any atom is 0.357 e. The lowest BCUT2D eigenvalue weighted by Crippen LogP contribution is -2.19. The summed E-state index contributed by atoms with van der Waals surface area (Å²) in [6.45, 7) is 3.79. The fourth-order valence-corrected chi connectivity index (χ4v) is 1.57. The molecule has 2 heterocycles. The Morgan fingerprint density at radius 1 is 1.53 bits per heavy atom. The molecule has 5 nitrogen and oxygen atoms in total. The number of esters is 1. The predicted molar refractivity (Wildman–Crippen MR) is 62.2 cm³/mol. The quantitative estimate of drug-likeness (QED) is 0.729. The summed E-state index contributed by atoms with van der Waals surface area (Å²) < 4.78 is 6.22. The van der Waals surface area contributed by atoms with E-state index in [2.05, 4.69) is 4.98 Å². The van der Waals surface area contributed by atoms with Gasteiger partial charge in [0.15, 0.2) is 5.69 Å². The zero-order valence-corrected chi connectivity index (χ0v) is 9.64. The summed E-state index contributed by atoms with van der Waals surface area (Å²) in [6.07, 6.45) is 1.62. The Hall–Kier alpha value is -2.17. The summed E-state index contributed by atoms with van der Waals surface area (Å²) in [5.74, 6) is -0.574. The normalized spacial score (nSPS) is 10.5. The minimum atomic E-state index is -0.574. The summed E-state index contributed by atoms with van der Waals surface area (Å²) in [5, 5.41) is 0. The number of rotatable bonds is 2. The molecule has 2 aromatic heterocycles. The number of fused-ring (bicyclic) bond motifs is 1. The second kappa shape index (κ2) is 4.37. The highest BCUT2D eigenvalue weighted by Crippen LogP contribution is 2.06. The molecule has 0 aliphatic rings. The lowest BCUT2D eigenvalue weighted by molar-refractivity contribution is 0.0519. The number of ether oxygens (including phenoxy) is 1. The molecule has 2 rings (SSSR count). The van der Waals surface area contributed by atoms with Crippen LogP contribution in [0.5, 0.6) is 0 Å². The first-order valence-corrected chi connectivity index (χ1v) is 5.29. The van der Waals surface area contributed by atoms with Crippen LogP contribution in [0.25, 0.3) is 5.65 Å². The summed E-state index contributed by atoms with van der Waals surface area (Å²) in [5.41, 5.74) is 1.06. The Morgan fingerprint density at radius 2 is 2.29 bits per heavy atom. The minimum Gasteiger partial charge on any atom is -0.461 e. The van der Waals surface area contributed by atoms with E-state index in [1.165, 1.54) is 10.5 Å². The maximum absolute atomic E-state index is 11.8. The summed E-state index contributed by atoms with van der Waals surface area (Å²) in [4.78, 5) is 27.4. The van der Waals surface area contributed by atoms with E-state index >= 15 is 0 Å². The summed E-state index contributed by atoms with van der Waals surface area (Å²) in [6, 6.07) is 4.77. The van der Waals surface area contributed by atoms with E-state index in [0.717, 1.165) is 5.56 Å². The first-order valence-electron chi connectivity index (χ1n) is 5.29. The van der Waals surface area contributed by atoms with Crippen molar-refractivity contribution < 1.29 is 9.53 Å². The summed E-state index contributed by atoms with van der Waals surface area (Å²) >= 11 is 0. The standard InChI is InChI=1S/C12H12N2O3/c1-3-17-12(16)9-7-10(15)14-6-4-5-8(2)11(14)13-9/h4-7H,3H2,1-2H3. The Labute approximate surface area is 97.7 Å². The van der Waals surface area contributed by atoms with Crippen molar-refractivity contribution in [1.82, 2.24) is 9.38 Å². The largest absolute Gasteiger partial charge is 0.461 e. The van der Waals surface area contributed by atoms with Crippen molar-refractivity contribution in [2.45, 2.75) is 13.8 Å². The number of hydrogen-bond donors (Lipinski definition) is 0. The third kappa shape index (κ3) is 2.04. The number of aromatic nitrogens is 2. The van der Waals surface area contributed by atoms with E-state index in [1.807, 2.05) is 13.0 Å². The van der Waals surface area contributed by atoms with Crippen molar-refractivity contribution in [3.8, 4) is 0 Å². The molecular weight excluding hydrogens is 220 g/mol. The Bertz CT molecular complexity index is 631. The van der Waals surface area contributed by atoms with Gasteiger partial charge in [-0.15, -0.1) is 0 Å². The van der Waals surface area contributed by atoms with Crippen LogP contribution in [0.3, 0.4) is 0 Å². The van der Waals surface area contributed by atoms with E-state index in [4.69, 9.17) is 4.74 Å². The van der Waals surface area contributed by atoms with Crippen molar-refractivity contribution >= 4 is 11.6 Å². The molecule has 5 heteroatoms. The van der Waals surface area contributed by atoms with Crippen LogP contribution in [0, 0.1) is 6.92 Å². The molecule has 0 aliphatic carbocycles. The number of hydrogen-bond acceptors (Lipinski definition) is 4. The first-order chi connectivity index (χ1) is 8.13. The van der Waals surface area contributed by atoms with Crippen LogP contribution < -0.4 is 5.56 Å². The molecule has 0 atom stereocenters. The van der Waals surface area contributed by atoms with E-state index in [1.54, 1.807) is 19.2 Å². The van der Waals surface area contributed by atoms with E-state index in [9.17, 15) is 9.59 Å². The van der Waals surface area contributed by atoms with Gasteiger partial charge < -0.3 is 4.74 Å². The molecule has 0 aromatic carbocycles. The number of pyridine rings is 1. The van der Waals surface area contributed by atoms with Crippen molar-refractivity contribution in [2.75, 3.05) is 6.61 Å². The molecule has 0 amide bonds. The molecule has 0 spiro atoms. The van der Waals surface area contributed by atoms with Crippen molar-refractivity contribution in [2.24, 2.45) is 0 Å². The molecule has 0 fully saturated rings. The first kappa shape index (κ1) is 11.3. The fraction of sp³-hybridized carbons (Fsp3) is 0.250. The zero-order valence-electron chi connectivity index (χ0n) is 9.64. The number of carbonyl (C=O) groups excluding carboxylic acids is 1. The van der Waals surface area contributed by atoms with Crippen LogP contribution in [-0.2, 0) is 4.74 Å². The molecule has 0 saturated carbocycles. The molecule has 0 N–H and O–H groups in total. The van der Waals surface area contributed by atoms with Gasteiger partial charge in [-0.05, 0) is 25.5 Å². The molecule has 0 unspecified atom stereocenters. The van der Waals surface area contributed by atoms with Crippen LogP contribution in [0.2, 0.25) is 0 Å². The van der Waals surface area contributed by atoms with Gasteiger partial charge >= 0.3 is 5.97 Å². The van der Waals surface area contributed by atoms with Crippen molar-refractivity contribution in [3.63, 3.8) is 0 Å².